The Hall–Kier alpha value is -0.530. The Labute approximate surface area is 177 Å². The lowest BCUT2D eigenvalue weighted by Gasteiger charge is -2.44. The molecule has 0 aromatic heterocycles. The summed E-state index contributed by atoms with van der Waals surface area (Å²) in [6.45, 7) is 30.2. The molecule has 0 bridgehead atoms. The molecular formula is C26H52O2. The molecule has 0 fully saturated rings. The third-order valence-electron chi connectivity index (χ3n) is 7.54. The number of hydrogen-bond donors (Lipinski definition) is 0. The molecule has 0 rings (SSSR count). The second kappa shape index (κ2) is 9.52. The van der Waals surface area contributed by atoms with Crippen LogP contribution in [0, 0.1) is 45.3 Å². The highest BCUT2D eigenvalue weighted by molar-refractivity contribution is 5.75. The summed E-state index contributed by atoms with van der Waals surface area (Å²) in [4.78, 5) is 12.2. The van der Waals surface area contributed by atoms with Gasteiger partial charge in [-0.05, 0) is 73.0 Å². The summed E-state index contributed by atoms with van der Waals surface area (Å²) in [6.07, 6.45) is 3.32. The van der Waals surface area contributed by atoms with E-state index in [1.165, 1.54) is 20.0 Å². The smallest absolute Gasteiger partial charge is 0.311 e. The zero-order chi connectivity index (χ0) is 22.7. The van der Waals surface area contributed by atoms with E-state index in [0.717, 1.165) is 6.42 Å². The number of methoxy groups -OCH3 is 1. The van der Waals surface area contributed by atoms with Crippen LogP contribution in [0.2, 0.25) is 0 Å². The Bertz CT molecular complexity index is 493. The van der Waals surface area contributed by atoms with Gasteiger partial charge in [-0.2, -0.15) is 0 Å². The highest BCUT2D eigenvalue weighted by Crippen LogP contribution is 2.47. The van der Waals surface area contributed by atoms with Crippen LogP contribution in [0.25, 0.3) is 0 Å². The highest BCUT2D eigenvalue weighted by Gasteiger charge is 2.41. The van der Waals surface area contributed by atoms with Crippen LogP contribution in [0.3, 0.4) is 0 Å². The number of carbonyl (C=O) groups is 1. The van der Waals surface area contributed by atoms with Crippen molar-refractivity contribution in [1.29, 1.82) is 0 Å². The van der Waals surface area contributed by atoms with Gasteiger partial charge < -0.3 is 4.74 Å². The first-order chi connectivity index (χ1) is 12.3. The van der Waals surface area contributed by atoms with Gasteiger partial charge in [0.25, 0.3) is 0 Å². The fourth-order valence-corrected chi connectivity index (χ4v) is 5.71. The summed E-state index contributed by atoms with van der Waals surface area (Å²) in [5.41, 5.74) is 0.335. The van der Waals surface area contributed by atoms with Crippen LogP contribution in [0.1, 0.15) is 109 Å². The molecule has 0 aliphatic heterocycles. The highest BCUT2D eigenvalue weighted by atomic mass is 16.5. The van der Waals surface area contributed by atoms with Crippen LogP contribution in [0.5, 0.6) is 0 Å². The molecule has 0 aromatic carbocycles. The summed E-state index contributed by atoms with van der Waals surface area (Å²) >= 11 is 0. The van der Waals surface area contributed by atoms with Crippen molar-refractivity contribution in [2.24, 2.45) is 45.3 Å². The molecule has 0 N–H and O–H groups in total. The first kappa shape index (κ1) is 27.5. The van der Waals surface area contributed by atoms with Gasteiger partial charge in [0.05, 0.1) is 12.5 Å². The van der Waals surface area contributed by atoms with E-state index in [1.807, 2.05) is 13.8 Å². The van der Waals surface area contributed by atoms with Crippen LogP contribution in [-0.2, 0) is 9.53 Å². The monoisotopic (exact) mass is 396 g/mol. The van der Waals surface area contributed by atoms with Gasteiger partial charge in [-0.25, -0.2) is 0 Å². The maximum absolute atomic E-state index is 12.2. The van der Waals surface area contributed by atoms with E-state index >= 15 is 0 Å². The average Bonchev–Trinajstić information content (AvgIpc) is 2.48. The van der Waals surface area contributed by atoms with Gasteiger partial charge in [-0.1, -0.05) is 76.2 Å². The van der Waals surface area contributed by atoms with Crippen LogP contribution < -0.4 is 0 Å². The summed E-state index contributed by atoms with van der Waals surface area (Å²) in [5, 5.41) is 0. The van der Waals surface area contributed by atoms with Gasteiger partial charge in [0, 0.05) is 0 Å². The number of ether oxygens (including phenoxy) is 1. The molecule has 0 spiro atoms. The molecule has 2 nitrogen and oxygen atoms in total. The standard InChI is InChI=1S/C26H52O2/c1-18(20(3)24(8,9)16-23(5,6)7)15-19(2)21(4)25(10,11)17-26(12,13)22(27)28-14/h18-21H,15-17H2,1-14H3. The molecular weight excluding hydrogens is 344 g/mol. The Morgan fingerprint density at radius 3 is 1.39 bits per heavy atom. The molecule has 4 atom stereocenters. The Balaban J connectivity index is 5.13. The second-order valence-corrected chi connectivity index (χ2v) is 13.0. The third kappa shape index (κ3) is 8.07. The number of hydrogen-bond acceptors (Lipinski definition) is 2. The quantitative estimate of drug-likeness (QED) is 0.350. The third-order valence-corrected chi connectivity index (χ3v) is 7.54. The van der Waals surface area contributed by atoms with E-state index in [9.17, 15) is 4.79 Å². The molecule has 168 valence electrons. The number of carbonyl (C=O) groups excluding carboxylic acids is 1. The van der Waals surface area contributed by atoms with Crippen LogP contribution >= 0.6 is 0 Å². The van der Waals surface area contributed by atoms with Crippen molar-refractivity contribution in [3.63, 3.8) is 0 Å². The molecule has 4 unspecified atom stereocenters. The molecule has 0 aliphatic carbocycles. The van der Waals surface area contributed by atoms with Gasteiger partial charge in [-0.15, -0.1) is 0 Å². The Kier molecular flexibility index (Phi) is 9.34. The van der Waals surface area contributed by atoms with Gasteiger partial charge in [0.15, 0.2) is 0 Å². The summed E-state index contributed by atoms with van der Waals surface area (Å²) < 4.78 is 5.04. The van der Waals surface area contributed by atoms with Crippen molar-refractivity contribution < 1.29 is 9.53 Å². The van der Waals surface area contributed by atoms with Gasteiger partial charge >= 0.3 is 5.97 Å². The minimum atomic E-state index is -0.445. The second-order valence-electron chi connectivity index (χ2n) is 13.0. The minimum Gasteiger partial charge on any atom is -0.469 e. The molecule has 28 heavy (non-hydrogen) atoms. The fraction of sp³-hybridized carbons (Fsp3) is 0.962. The predicted octanol–water partition coefficient (Wildman–Crippen LogP) is 8.00. The van der Waals surface area contributed by atoms with E-state index < -0.39 is 5.41 Å². The molecule has 0 saturated carbocycles. The maximum Gasteiger partial charge on any atom is 0.311 e. The lowest BCUT2D eigenvalue weighted by atomic mass is 9.61. The Morgan fingerprint density at radius 1 is 0.714 bits per heavy atom. The van der Waals surface area contributed by atoms with Crippen LogP contribution in [0.4, 0.5) is 0 Å². The van der Waals surface area contributed by atoms with E-state index in [1.54, 1.807) is 0 Å². The lowest BCUT2D eigenvalue weighted by molar-refractivity contribution is -0.153. The van der Waals surface area contributed by atoms with Crippen molar-refractivity contribution in [3.8, 4) is 0 Å². The zero-order valence-corrected chi connectivity index (χ0v) is 21.7. The molecule has 0 radical (unpaired) electrons. The minimum absolute atomic E-state index is 0.0843. The van der Waals surface area contributed by atoms with Gasteiger partial charge in [0.2, 0.25) is 0 Å². The predicted molar refractivity (Wildman–Crippen MR) is 123 cm³/mol. The molecule has 0 amide bonds. The Morgan fingerprint density at radius 2 is 1.07 bits per heavy atom. The topological polar surface area (TPSA) is 26.3 Å². The summed E-state index contributed by atoms with van der Waals surface area (Å²) in [5.74, 6) is 2.41. The van der Waals surface area contributed by atoms with Crippen molar-refractivity contribution in [3.05, 3.63) is 0 Å². The first-order valence-corrected chi connectivity index (χ1v) is 11.4. The molecule has 0 aromatic rings. The first-order valence-electron chi connectivity index (χ1n) is 11.4. The molecule has 0 heterocycles. The van der Waals surface area contributed by atoms with Crippen LogP contribution in [-0.4, -0.2) is 13.1 Å². The molecule has 0 aliphatic rings. The maximum atomic E-state index is 12.2. The molecule has 2 heteroatoms. The lowest BCUT2D eigenvalue weighted by Crippen LogP contribution is -2.38. The SMILES string of the molecule is COC(=O)C(C)(C)CC(C)(C)C(C)C(C)CC(C)C(C)C(C)(C)CC(C)(C)C. The van der Waals surface area contributed by atoms with Gasteiger partial charge in [-0.3, -0.25) is 4.79 Å². The van der Waals surface area contributed by atoms with Crippen LogP contribution in [0.15, 0.2) is 0 Å². The van der Waals surface area contributed by atoms with Gasteiger partial charge in [0.1, 0.15) is 0 Å². The molecule has 0 saturated heterocycles. The number of rotatable bonds is 10. The summed E-state index contributed by atoms with van der Waals surface area (Å²) in [7, 11) is 1.49. The van der Waals surface area contributed by atoms with E-state index in [0.29, 0.717) is 34.5 Å². The fourth-order valence-electron chi connectivity index (χ4n) is 5.71. The summed E-state index contributed by atoms with van der Waals surface area (Å²) in [6, 6.07) is 0. The normalized spacial score (nSPS) is 18.4. The van der Waals surface area contributed by atoms with Crippen molar-refractivity contribution in [2.75, 3.05) is 7.11 Å². The van der Waals surface area contributed by atoms with E-state index in [4.69, 9.17) is 4.74 Å². The van der Waals surface area contributed by atoms with E-state index in [2.05, 4.69) is 76.2 Å². The average molecular weight is 397 g/mol. The van der Waals surface area contributed by atoms with Crippen molar-refractivity contribution >= 4 is 5.97 Å². The van der Waals surface area contributed by atoms with Crippen molar-refractivity contribution in [2.45, 2.75) is 109 Å². The van der Waals surface area contributed by atoms with Crippen molar-refractivity contribution in [1.82, 2.24) is 0 Å². The number of esters is 1. The van der Waals surface area contributed by atoms with E-state index in [-0.39, 0.29) is 11.4 Å². The zero-order valence-electron chi connectivity index (χ0n) is 21.7. The largest absolute Gasteiger partial charge is 0.469 e.